The van der Waals surface area contributed by atoms with E-state index in [0.717, 1.165) is 49.0 Å². The van der Waals surface area contributed by atoms with Crippen LogP contribution in [-0.2, 0) is 38.5 Å². The van der Waals surface area contributed by atoms with Crippen molar-refractivity contribution >= 4 is 13.2 Å². The standard InChI is InChI=1S/C16H16.C10H14.C8H10.C8H8.5C2H6/c1-2-14-4-3-13(1)9-10-15-5-7-16(8-6-15)12-11-14;1-3-9-5-7-10(4-2)8-6-9;2*1-7-3-5-8(2)6-4-7;5*1-2/h1-8H,9-12H2;5-8H,3-4H2,1-2H3;3-6H,1-2H3;3-6H,1-2H2;5*1-2H3. The van der Waals surface area contributed by atoms with E-state index in [1.165, 1.54) is 44.5 Å². The lowest BCUT2D eigenvalue weighted by molar-refractivity contribution is 0.921. The second-order valence-corrected chi connectivity index (χ2v) is 11.1. The van der Waals surface area contributed by atoms with Gasteiger partial charge < -0.3 is 0 Å². The molecule has 9 rings (SSSR count). The highest BCUT2D eigenvalue weighted by atomic mass is 14.1. The molecule has 0 unspecified atom stereocenters. The molecule has 5 aromatic carbocycles. The van der Waals surface area contributed by atoms with E-state index in [9.17, 15) is 0 Å². The molecule has 5 aromatic rings. The highest BCUT2D eigenvalue weighted by Gasteiger charge is 2.02. The molecule has 286 valence electrons. The first-order valence-corrected chi connectivity index (χ1v) is 20.3. The minimum Gasteiger partial charge on any atom is -0.0918 e. The summed E-state index contributed by atoms with van der Waals surface area (Å²) < 4.78 is 0. The Hall–Kier alpha value is -4.16. The van der Waals surface area contributed by atoms with E-state index in [1.807, 2.05) is 93.5 Å². The number of hydrogen-bond acceptors (Lipinski definition) is 0. The summed E-state index contributed by atoms with van der Waals surface area (Å²) in [5.41, 5.74) is 11.3. The van der Waals surface area contributed by atoms with Gasteiger partial charge in [0.2, 0.25) is 0 Å². The van der Waals surface area contributed by atoms with Crippen LogP contribution in [0.3, 0.4) is 0 Å². The van der Waals surface area contributed by atoms with E-state index in [2.05, 4.69) is 138 Å². The Bertz CT molecular complexity index is 1350. The third-order valence-corrected chi connectivity index (χ3v) is 7.53. The van der Waals surface area contributed by atoms with Gasteiger partial charge in [0.1, 0.15) is 0 Å². The summed E-state index contributed by atoms with van der Waals surface area (Å²) in [6.07, 6.45) is 6.90. The van der Waals surface area contributed by atoms with Crippen molar-refractivity contribution in [1.29, 1.82) is 0 Å². The van der Waals surface area contributed by atoms with Crippen LogP contribution in [0.1, 0.15) is 128 Å². The van der Waals surface area contributed by atoms with Gasteiger partial charge in [0.15, 0.2) is 0 Å². The Morgan fingerprint density at radius 3 is 0.692 bits per heavy atom. The van der Waals surface area contributed by atoms with E-state index in [-0.39, 0.29) is 0 Å². The fourth-order valence-electron chi connectivity index (χ4n) is 4.51. The van der Waals surface area contributed by atoms with Crippen molar-refractivity contribution in [2.45, 2.75) is 135 Å². The zero-order valence-electron chi connectivity index (χ0n) is 36.2. The monoisotopic (exact) mass is 703 g/mol. The zero-order valence-corrected chi connectivity index (χ0v) is 36.2. The summed E-state index contributed by atoms with van der Waals surface area (Å²) in [7, 11) is 0. The molecule has 0 heterocycles. The smallest absolute Gasteiger partial charge is 0.0238 e. The van der Waals surface area contributed by atoms with E-state index in [4.69, 9.17) is 0 Å². The molecule has 0 spiro atoms. The third kappa shape index (κ3) is 25.7. The van der Waals surface area contributed by atoms with Crippen molar-refractivity contribution in [3.05, 3.63) is 176 Å². The lowest BCUT2D eigenvalue weighted by Gasteiger charge is -2.09. The van der Waals surface area contributed by atoms with Gasteiger partial charge in [-0.05, 0) is 96.2 Å². The predicted molar refractivity (Wildman–Crippen MR) is 242 cm³/mol. The molecule has 0 saturated heterocycles. The van der Waals surface area contributed by atoms with Gasteiger partial charge in [-0.3, -0.25) is 0 Å². The van der Waals surface area contributed by atoms with Crippen molar-refractivity contribution in [2.75, 3.05) is 0 Å². The topological polar surface area (TPSA) is 0 Å². The lowest BCUT2D eigenvalue weighted by Crippen LogP contribution is -2.02. The summed E-state index contributed by atoms with van der Waals surface area (Å²) in [6, 6.07) is 43.3. The van der Waals surface area contributed by atoms with E-state index >= 15 is 0 Å². The van der Waals surface area contributed by atoms with Crippen LogP contribution in [0.2, 0.25) is 0 Å². The molecular weight excluding hydrogens is 625 g/mol. The molecule has 4 aliphatic carbocycles. The maximum atomic E-state index is 3.73. The molecule has 52 heavy (non-hydrogen) atoms. The summed E-state index contributed by atoms with van der Waals surface area (Å²) >= 11 is 0. The molecule has 0 nitrogen and oxygen atoms in total. The maximum Gasteiger partial charge on any atom is -0.0238 e. The number of hydrogen-bond donors (Lipinski definition) is 0. The molecule has 0 fully saturated rings. The average Bonchev–Trinajstić information content (AvgIpc) is 3.23. The lowest BCUT2D eigenvalue weighted by atomic mass is 9.97. The van der Waals surface area contributed by atoms with Crippen molar-refractivity contribution in [2.24, 2.45) is 0 Å². The summed E-state index contributed by atoms with van der Waals surface area (Å²) in [5.74, 6) is 0. The molecular formula is C52H78. The highest BCUT2D eigenvalue weighted by Crippen LogP contribution is 2.15. The first-order chi connectivity index (χ1) is 25.3. The third-order valence-electron chi connectivity index (χ3n) is 7.53. The molecule has 0 atom stereocenters. The fraction of sp³-hybridized carbons (Fsp3) is 0.385. The van der Waals surface area contributed by atoms with Crippen LogP contribution in [0.25, 0.3) is 13.2 Å². The van der Waals surface area contributed by atoms with Gasteiger partial charge in [0.25, 0.3) is 0 Å². The normalized spacial score (nSPS) is 9.73. The Balaban J connectivity index is -0.000000589. The second kappa shape index (κ2) is 36.6. The quantitative estimate of drug-likeness (QED) is 0.172. The molecule has 0 N–H and O–H groups in total. The van der Waals surface area contributed by atoms with Crippen LogP contribution < -0.4 is 10.4 Å². The Labute approximate surface area is 323 Å². The van der Waals surface area contributed by atoms with Gasteiger partial charge in [-0.25, -0.2) is 0 Å². The first kappa shape index (κ1) is 52.2. The van der Waals surface area contributed by atoms with E-state index in [1.54, 1.807) is 0 Å². The minimum atomic E-state index is 1.04. The Morgan fingerprint density at radius 2 is 0.519 bits per heavy atom. The minimum absolute atomic E-state index is 1.04. The molecule has 0 amide bonds. The van der Waals surface area contributed by atoms with Crippen LogP contribution in [0, 0.1) is 13.8 Å². The predicted octanol–water partition coefficient (Wildman–Crippen LogP) is 14.3. The van der Waals surface area contributed by atoms with Crippen LogP contribution >= 0.6 is 0 Å². The van der Waals surface area contributed by atoms with Gasteiger partial charge in [0.05, 0.1) is 0 Å². The SMILES string of the molecule is C=c1ccc(=C)cc1.CC.CC.CC.CC.CC.CCc1ccc(CC)cc1.Cc1ccc(C)cc1.c1cc2ccc1CCc1ccc(cc1)CC2. The average molecular weight is 703 g/mol. The molecule has 0 heteroatoms. The zero-order chi connectivity index (χ0) is 40.2. The first-order valence-electron chi connectivity index (χ1n) is 20.3. The maximum absolute atomic E-state index is 3.73. The van der Waals surface area contributed by atoms with E-state index in [0.29, 0.717) is 0 Å². The molecule has 0 saturated carbocycles. The number of aryl methyl sites for hydroxylation is 8. The fourth-order valence-corrected chi connectivity index (χ4v) is 4.51. The van der Waals surface area contributed by atoms with Crippen molar-refractivity contribution in [1.82, 2.24) is 0 Å². The van der Waals surface area contributed by atoms with Crippen molar-refractivity contribution in [3.8, 4) is 0 Å². The van der Waals surface area contributed by atoms with Crippen LogP contribution in [0.4, 0.5) is 0 Å². The van der Waals surface area contributed by atoms with Gasteiger partial charge in [0, 0.05) is 0 Å². The summed E-state index contributed by atoms with van der Waals surface area (Å²) in [6.45, 7) is 36.0. The Morgan fingerprint density at radius 1 is 0.327 bits per heavy atom. The van der Waals surface area contributed by atoms with Gasteiger partial charge in [-0.1, -0.05) is 229 Å². The van der Waals surface area contributed by atoms with Crippen LogP contribution in [-0.4, -0.2) is 0 Å². The summed E-state index contributed by atoms with van der Waals surface area (Å²) in [5, 5.41) is 2.08. The van der Waals surface area contributed by atoms with Crippen LogP contribution in [0.5, 0.6) is 0 Å². The molecule has 0 aliphatic heterocycles. The molecule has 0 radical (unpaired) electrons. The molecule has 4 bridgehead atoms. The summed E-state index contributed by atoms with van der Waals surface area (Å²) in [4.78, 5) is 0. The van der Waals surface area contributed by atoms with Gasteiger partial charge in [-0.2, -0.15) is 0 Å². The van der Waals surface area contributed by atoms with Crippen molar-refractivity contribution < 1.29 is 0 Å². The largest absolute Gasteiger partial charge is 0.0918 e. The number of rotatable bonds is 2. The Kier molecular flexibility index (Phi) is 36.8. The van der Waals surface area contributed by atoms with Gasteiger partial charge >= 0.3 is 0 Å². The molecule has 4 aliphatic rings. The van der Waals surface area contributed by atoms with Crippen molar-refractivity contribution in [3.63, 3.8) is 0 Å². The molecule has 0 aromatic heterocycles. The number of benzene rings is 5. The highest BCUT2D eigenvalue weighted by molar-refractivity contribution is 5.29. The van der Waals surface area contributed by atoms with Crippen LogP contribution in [0.15, 0.2) is 121 Å². The van der Waals surface area contributed by atoms with E-state index < -0.39 is 0 Å². The van der Waals surface area contributed by atoms with Gasteiger partial charge in [-0.15, -0.1) is 0 Å². The second-order valence-electron chi connectivity index (χ2n) is 11.1.